The maximum absolute atomic E-state index is 13.4. The largest absolute Gasteiger partial charge is 0.395 e. The van der Waals surface area contributed by atoms with Crippen LogP contribution in [0.3, 0.4) is 0 Å². The van der Waals surface area contributed by atoms with E-state index in [4.69, 9.17) is 5.73 Å². The Balaban J connectivity index is 1.81. The average molecular weight is 458 g/mol. The molecule has 1 heterocycles. The molecule has 1 fully saturated rings. The van der Waals surface area contributed by atoms with Gasteiger partial charge < -0.3 is 16.4 Å². The van der Waals surface area contributed by atoms with Crippen LogP contribution in [0.15, 0.2) is 30.3 Å². The topological polar surface area (TPSA) is 117 Å². The van der Waals surface area contributed by atoms with Gasteiger partial charge in [0, 0.05) is 17.3 Å². The number of benzene rings is 1. The molecule has 32 heavy (non-hydrogen) atoms. The zero-order valence-electron chi connectivity index (χ0n) is 18.8. The Kier molecular flexibility index (Phi) is 7.50. The molecule has 0 unspecified atom stereocenters. The van der Waals surface area contributed by atoms with E-state index in [1.54, 1.807) is 24.3 Å². The number of nitrogens with one attached hydrogen (secondary N) is 2. The fourth-order valence-electron chi connectivity index (χ4n) is 3.73. The molecule has 1 saturated carbocycles. The standard InChI is InChI=1S/C23H31N5O3S/c1-23(2,3)26-17(29)14-28(16-12-8-5-9-13-16)22(31)20-18(24)19(27-32-20)21(30)25-15-10-6-4-7-11-15/h5,8-9,12-13,15H,4,6-7,10-11,14,24H2,1-3H3,(H,25,30)(H,26,29). The molecule has 0 radical (unpaired) electrons. The quantitative estimate of drug-likeness (QED) is 0.615. The van der Waals surface area contributed by atoms with E-state index in [2.05, 4.69) is 15.0 Å². The Hall–Kier alpha value is -2.94. The van der Waals surface area contributed by atoms with Crippen LogP contribution in [0.5, 0.6) is 0 Å². The number of nitrogens with two attached hydrogens (primary N) is 1. The van der Waals surface area contributed by atoms with E-state index in [1.807, 2.05) is 26.8 Å². The Labute approximate surface area is 192 Å². The van der Waals surface area contributed by atoms with E-state index in [0.717, 1.165) is 37.2 Å². The van der Waals surface area contributed by atoms with Crippen LogP contribution < -0.4 is 21.3 Å². The second-order valence-corrected chi connectivity index (χ2v) is 9.88. The number of amides is 3. The fourth-order valence-corrected chi connectivity index (χ4v) is 4.48. The van der Waals surface area contributed by atoms with Gasteiger partial charge in [0.15, 0.2) is 5.69 Å². The van der Waals surface area contributed by atoms with Crippen LogP contribution >= 0.6 is 11.5 Å². The molecular weight excluding hydrogens is 426 g/mol. The molecule has 0 saturated heterocycles. The molecule has 1 aromatic carbocycles. The van der Waals surface area contributed by atoms with Crippen molar-refractivity contribution in [2.24, 2.45) is 0 Å². The van der Waals surface area contributed by atoms with Crippen molar-refractivity contribution in [2.75, 3.05) is 17.2 Å². The monoisotopic (exact) mass is 457 g/mol. The van der Waals surface area contributed by atoms with Gasteiger partial charge in [-0.15, -0.1) is 0 Å². The molecule has 2 aromatic rings. The molecule has 0 spiro atoms. The molecule has 1 aliphatic rings. The third-order valence-corrected chi connectivity index (χ3v) is 6.06. The Bertz CT molecular complexity index is 962. The lowest BCUT2D eigenvalue weighted by molar-refractivity contribution is -0.121. The van der Waals surface area contributed by atoms with Crippen LogP contribution in [-0.2, 0) is 4.79 Å². The van der Waals surface area contributed by atoms with Crippen LogP contribution in [0.25, 0.3) is 0 Å². The number of para-hydroxylation sites is 1. The molecule has 8 nitrogen and oxygen atoms in total. The first kappa shape index (κ1) is 23.7. The number of nitrogen functional groups attached to an aromatic ring is 1. The van der Waals surface area contributed by atoms with Crippen molar-refractivity contribution in [3.05, 3.63) is 40.9 Å². The summed E-state index contributed by atoms with van der Waals surface area (Å²) in [5.41, 5.74) is 6.43. The molecule has 9 heteroatoms. The number of nitrogens with zero attached hydrogens (tertiary/aromatic N) is 2. The first-order valence-corrected chi connectivity index (χ1v) is 11.7. The van der Waals surface area contributed by atoms with Crippen molar-refractivity contribution in [1.82, 2.24) is 15.0 Å². The second-order valence-electron chi connectivity index (χ2n) is 9.11. The van der Waals surface area contributed by atoms with Gasteiger partial charge in [-0.05, 0) is 57.3 Å². The SMILES string of the molecule is CC(C)(C)NC(=O)CN(C(=O)c1snc(C(=O)NC2CCCCC2)c1N)c1ccccc1. The number of carbonyl (C=O) groups is 3. The highest BCUT2D eigenvalue weighted by molar-refractivity contribution is 7.09. The van der Waals surface area contributed by atoms with Crippen molar-refractivity contribution >= 4 is 40.6 Å². The van der Waals surface area contributed by atoms with E-state index in [-0.39, 0.29) is 40.7 Å². The fraction of sp³-hybridized carbons (Fsp3) is 0.478. The molecule has 3 rings (SSSR count). The highest BCUT2D eigenvalue weighted by atomic mass is 32.1. The zero-order valence-corrected chi connectivity index (χ0v) is 19.6. The van der Waals surface area contributed by atoms with Crippen molar-refractivity contribution in [3.63, 3.8) is 0 Å². The summed E-state index contributed by atoms with van der Waals surface area (Å²) in [5, 5.41) is 5.85. The zero-order chi connectivity index (χ0) is 23.3. The minimum absolute atomic E-state index is 0.0467. The molecule has 1 aliphatic carbocycles. The smallest absolute Gasteiger partial charge is 0.273 e. The van der Waals surface area contributed by atoms with Gasteiger partial charge >= 0.3 is 0 Å². The predicted octanol–water partition coefficient (Wildman–Crippen LogP) is 3.35. The molecule has 0 bridgehead atoms. The van der Waals surface area contributed by atoms with Gasteiger partial charge in [-0.1, -0.05) is 37.5 Å². The van der Waals surface area contributed by atoms with Gasteiger partial charge in [0.05, 0.1) is 5.69 Å². The lowest BCUT2D eigenvalue weighted by atomic mass is 9.95. The van der Waals surface area contributed by atoms with Gasteiger partial charge in [-0.2, -0.15) is 4.37 Å². The summed E-state index contributed by atoms with van der Waals surface area (Å²) < 4.78 is 4.17. The molecule has 172 valence electrons. The van der Waals surface area contributed by atoms with Crippen LogP contribution in [0.1, 0.15) is 73.0 Å². The van der Waals surface area contributed by atoms with Gasteiger partial charge in [-0.3, -0.25) is 19.3 Å². The maximum Gasteiger partial charge on any atom is 0.273 e. The van der Waals surface area contributed by atoms with Gasteiger partial charge in [-0.25, -0.2) is 0 Å². The maximum atomic E-state index is 13.4. The number of hydrogen-bond donors (Lipinski definition) is 3. The first-order valence-electron chi connectivity index (χ1n) is 10.9. The normalized spacial score (nSPS) is 14.6. The summed E-state index contributed by atoms with van der Waals surface area (Å²) >= 11 is 0.879. The molecule has 0 aliphatic heterocycles. The van der Waals surface area contributed by atoms with Crippen LogP contribution in [-0.4, -0.2) is 40.2 Å². The number of rotatable bonds is 6. The van der Waals surface area contributed by atoms with E-state index in [0.29, 0.717) is 5.69 Å². The lowest BCUT2D eigenvalue weighted by Gasteiger charge is -2.25. The van der Waals surface area contributed by atoms with Gasteiger partial charge in [0.1, 0.15) is 11.4 Å². The molecule has 0 atom stereocenters. The van der Waals surface area contributed by atoms with Crippen molar-refractivity contribution in [2.45, 2.75) is 64.5 Å². The van der Waals surface area contributed by atoms with Crippen LogP contribution in [0.2, 0.25) is 0 Å². The van der Waals surface area contributed by atoms with E-state index >= 15 is 0 Å². The minimum Gasteiger partial charge on any atom is -0.395 e. The molecule has 1 aromatic heterocycles. The second kappa shape index (κ2) is 10.1. The summed E-state index contributed by atoms with van der Waals surface area (Å²) in [4.78, 5) is 40.2. The van der Waals surface area contributed by atoms with Gasteiger partial charge in [0.25, 0.3) is 11.8 Å². The van der Waals surface area contributed by atoms with E-state index in [1.165, 1.54) is 11.3 Å². The summed E-state index contributed by atoms with van der Waals surface area (Å²) in [6.45, 7) is 5.44. The molecule has 4 N–H and O–H groups in total. The third kappa shape index (κ3) is 6.06. The van der Waals surface area contributed by atoms with E-state index < -0.39 is 11.4 Å². The molecular formula is C23H31N5O3S. The number of aromatic nitrogens is 1. The van der Waals surface area contributed by atoms with E-state index in [9.17, 15) is 14.4 Å². The predicted molar refractivity (Wildman–Crippen MR) is 127 cm³/mol. The van der Waals surface area contributed by atoms with Crippen LogP contribution in [0.4, 0.5) is 11.4 Å². The number of carbonyl (C=O) groups excluding carboxylic acids is 3. The molecule has 3 amide bonds. The average Bonchev–Trinajstić information content (AvgIpc) is 3.13. The van der Waals surface area contributed by atoms with Crippen molar-refractivity contribution < 1.29 is 14.4 Å². The number of anilines is 2. The summed E-state index contributed by atoms with van der Waals surface area (Å²) in [6, 6.07) is 9.01. The highest BCUT2D eigenvalue weighted by Gasteiger charge is 2.29. The van der Waals surface area contributed by atoms with Gasteiger partial charge in [0.2, 0.25) is 5.91 Å². The number of hydrogen-bond acceptors (Lipinski definition) is 6. The van der Waals surface area contributed by atoms with Crippen molar-refractivity contribution in [1.29, 1.82) is 0 Å². The van der Waals surface area contributed by atoms with Crippen LogP contribution in [0, 0.1) is 0 Å². The minimum atomic E-state index is -0.466. The summed E-state index contributed by atoms with van der Waals surface area (Å²) in [5.74, 6) is -1.12. The Morgan fingerprint density at radius 1 is 1.12 bits per heavy atom. The lowest BCUT2D eigenvalue weighted by Crippen LogP contribution is -2.47. The Morgan fingerprint density at radius 3 is 2.41 bits per heavy atom. The Morgan fingerprint density at radius 2 is 1.78 bits per heavy atom. The first-order chi connectivity index (χ1) is 15.2. The summed E-state index contributed by atoms with van der Waals surface area (Å²) in [6.07, 6.45) is 5.23. The third-order valence-electron chi connectivity index (χ3n) is 5.21. The van der Waals surface area contributed by atoms with Crippen molar-refractivity contribution in [3.8, 4) is 0 Å². The summed E-state index contributed by atoms with van der Waals surface area (Å²) in [7, 11) is 0. The highest BCUT2D eigenvalue weighted by Crippen LogP contribution is 2.27.